The van der Waals surface area contributed by atoms with E-state index in [2.05, 4.69) is 57.8 Å². The first kappa shape index (κ1) is 43.2. The normalized spacial score (nSPS) is 18.4. The van der Waals surface area contributed by atoms with Gasteiger partial charge in [0, 0.05) is 56.5 Å². The molecule has 0 saturated carbocycles. The van der Waals surface area contributed by atoms with E-state index in [0.29, 0.717) is 52.4 Å². The Bertz CT molecular complexity index is 1750. The van der Waals surface area contributed by atoms with Gasteiger partial charge in [-0.2, -0.15) is 0 Å². The maximum atomic E-state index is 13.6. The second kappa shape index (κ2) is 19.0. The average Bonchev–Trinajstić information content (AvgIpc) is 3.14. The highest BCUT2D eigenvalue weighted by atomic mass is 28.3. The van der Waals surface area contributed by atoms with E-state index in [1.54, 1.807) is 16.9 Å². The fourth-order valence-electron chi connectivity index (χ4n) is 7.26. The zero-order valence-electron chi connectivity index (χ0n) is 35.2. The van der Waals surface area contributed by atoms with E-state index in [-0.39, 0.29) is 42.8 Å². The smallest absolute Gasteiger partial charge is 0.410 e. The summed E-state index contributed by atoms with van der Waals surface area (Å²) in [7, 11) is 0.379. The van der Waals surface area contributed by atoms with E-state index in [4.69, 9.17) is 28.4 Å². The number of nitrogens with zero attached hydrogens (tertiary/aromatic N) is 2. The van der Waals surface area contributed by atoms with Crippen LogP contribution < -0.4 is 14.4 Å². The number of benzene rings is 3. The lowest BCUT2D eigenvalue weighted by Crippen LogP contribution is -2.48. The number of rotatable bonds is 17. The summed E-state index contributed by atoms with van der Waals surface area (Å²) < 4.78 is 36.1. The molecule has 2 heterocycles. The number of amides is 2. The molecule has 0 aliphatic carbocycles. The molecule has 0 aromatic heterocycles. The molecule has 2 aliphatic heterocycles. The molecular weight excluding hydrogens is 725 g/mol. The minimum absolute atomic E-state index is 0.0322. The number of hydrogen-bond acceptors (Lipinski definition) is 8. The van der Waals surface area contributed by atoms with Crippen LogP contribution in [0.25, 0.3) is 0 Å². The maximum absolute atomic E-state index is 13.6. The fraction of sp³-hybridized carbons (Fsp3) is 0.556. The number of hydrogen-bond donors (Lipinski definition) is 0. The molecule has 0 bridgehead atoms. The van der Waals surface area contributed by atoms with Crippen LogP contribution in [0.1, 0.15) is 82.1 Å². The third-order valence-electron chi connectivity index (χ3n) is 10.4. The molecule has 5 rings (SSSR count). The van der Waals surface area contributed by atoms with E-state index < -0.39 is 13.7 Å². The minimum Gasteiger partial charge on any atom is -0.496 e. The van der Waals surface area contributed by atoms with Crippen LogP contribution in [0.4, 0.5) is 10.5 Å². The summed E-state index contributed by atoms with van der Waals surface area (Å²) >= 11 is 0. The molecule has 1 fully saturated rings. The number of anilines is 1. The van der Waals surface area contributed by atoms with Gasteiger partial charge in [-0.05, 0) is 62.6 Å². The average molecular weight is 789 g/mol. The van der Waals surface area contributed by atoms with Gasteiger partial charge in [0.15, 0.2) is 0 Å². The molecule has 3 aromatic rings. The zero-order valence-corrected chi connectivity index (χ0v) is 36.2. The molecule has 2 amide bonds. The Balaban J connectivity index is 1.27. The quantitative estimate of drug-likeness (QED) is 0.0987. The van der Waals surface area contributed by atoms with Crippen LogP contribution in [0.3, 0.4) is 0 Å². The predicted molar refractivity (Wildman–Crippen MR) is 223 cm³/mol. The molecule has 3 aromatic carbocycles. The SMILES string of the molecule is COc1ccccc1COCCCOc1ccc(C2CCN(C(=O)OC(C)(C)C)CC2OCc2cccc3c2N(COCC[Si](C)(C)C)C(=O)CC3(C)C)cc1. The lowest BCUT2D eigenvalue weighted by Gasteiger charge is -2.41. The van der Waals surface area contributed by atoms with Gasteiger partial charge in [0.05, 0.1) is 51.9 Å². The first-order chi connectivity index (χ1) is 26.5. The molecule has 0 spiro atoms. The highest BCUT2D eigenvalue weighted by molar-refractivity contribution is 6.76. The van der Waals surface area contributed by atoms with Gasteiger partial charge in [0.25, 0.3) is 0 Å². The molecule has 2 unspecified atom stereocenters. The van der Waals surface area contributed by atoms with E-state index in [9.17, 15) is 9.59 Å². The number of ether oxygens (including phenoxy) is 6. The minimum atomic E-state index is -1.29. The number of fused-ring (bicyclic) bond motifs is 1. The van der Waals surface area contributed by atoms with E-state index in [1.807, 2.05) is 63.2 Å². The Kier molecular flexibility index (Phi) is 14.7. The monoisotopic (exact) mass is 788 g/mol. The molecule has 2 aliphatic rings. The van der Waals surface area contributed by atoms with Gasteiger partial charge < -0.3 is 33.3 Å². The second-order valence-corrected chi connectivity index (χ2v) is 23.5. The van der Waals surface area contributed by atoms with Crippen molar-refractivity contribution in [3.8, 4) is 11.5 Å². The summed E-state index contributed by atoms with van der Waals surface area (Å²) in [6.07, 6.45) is 1.22. The molecule has 10 nitrogen and oxygen atoms in total. The van der Waals surface area contributed by atoms with Crippen molar-refractivity contribution in [3.05, 3.63) is 89.0 Å². The molecule has 0 radical (unpaired) electrons. The first-order valence-corrected chi connectivity index (χ1v) is 23.8. The van der Waals surface area contributed by atoms with Gasteiger partial charge in [-0.15, -0.1) is 0 Å². The first-order valence-electron chi connectivity index (χ1n) is 20.1. The third-order valence-corrected chi connectivity index (χ3v) is 12.1. The van der Waals surface area contributed by atoms with Crippen LogP contribution in [0.15, 0.2) is 66.7 Å². The van der Waals surface area contributed by atoms with Crippen LogP contribution in [-0.2, 0) is 42.4 Å². The van der Waals surface area contributed by atoms with Gasteiger partial charge >= 0.3 is 6.09 Å². The standard InChI is InChI=1S/C45H64N2O8Si/c1-44(2,3)55-43(49)46-23-22-37(33-18-20-36(21-19-33)53-25-13-24-51-30-34-14-10-11-17-39(34)50-6)40(29-46)54-31-35-15-12-16-38-42(35)47(41(48)28-45(38,4)5)32-52-26-27-56(7,8)9/h10-12,14-21,37,40H,13,22-32H2,1-9H3. The van der Waals surface area contributed by atoms with Crippen molar-refractivity contribution in [2.75, 3.05) is 51.7 Å². The second-order valence-electron chi connectivity index (χ2n) is 17.9. The Hall–Kier alpha value is -3.90. The Morgan fingerprint density at radius 2 is 1.62 bits per heavy atom. The van der Waals surface area contributed by atoms with Crippen LogP contribution in [0, 0.1) is 0 Å². The summed E-state index contributed by atoms with van der Waals surface area (Å²) in [5.74, 6) is 1.70. The summed E-state index contributed by atoms with van der Waals surface area (Å²) in [4.78, 5) is 30.5. The number of carbonyl (C=O) groups excluding carboxylic acids is 2. The molecule has 2 atom stereocenters. The van der Waals surface area contributed by atoms with Crippen molar-refractivity contribution >= 4 is 25.8 Å². The van der Waals surface area contributed by atoms with Crippen molar-refractivity contribution in [2.45, 2.75) is 116 Å². The van der Waals surface area contributed by atoms with Crippen molar-refractivity contribution in [3.63, 3.8) is 0 Å². The summed E-state index contributed by atoms with van der Waals surface area (Å²) in [6.45, 7) is 20.5. The zero-order chi connectivity index (χ0) is 40.5. The molecule has 1 saturated heterocycles. The highest BCUT2D eigenvalue weighted by Gasteiger charge is 2.39. The molecule has 0 N–H and O–H groups in total. The van der Waals surface area contributed by atoms with Crippen LogP contribution in [0.2, 0.25) is 25.7 Å². The number of likely N-dealkylation sites (tertiary alicyclic amines) is 1. The molecule has 306 valence electrons. The number of piperidine rings is 1. The fourth-order valence-corrected chi connectivity index (χ4v) is 8.02. The van der Waals surface area contributed by atoms with Gasteiger partial charge in [0.2, 0.25) is 5.91 Å². The Morgan fingerprint density at radius 3 is 2.34 bits per heavy atom. The van der Waals surface area contributed by atoms with Gasteiger partial charge in [-0.25, -0.2) is 4.79 Å². The lowest BCUT2D eigenvalue weighted by atomic mass is 9.76. The molecule has 56 heavy (non-hydrogen) atoms. The number of carbonyl (C=O) groups is 2. The van der Waals surface area contributed by atoms with Crippen molar-refractivity contribution in [1.29, 1.82) is 0 Å². The number of methoxy groups -OCH3 is 1. The molecular formula is C45H64N2O8Si. The lowest BCUT2D eigenvalue weighted by molar-refractivity contribution is -0.121. The van der Waals surface area contributed by atoms with Gasteiger partial charge in [0.1, 0.15) is 23.8 Å². The van der Waals surface area contributed by atoms with Crippen LogP contribution in [0.5, 0.6) is 11.5 Å². The van der Waals surface area contributed by atoms with Gasteiger partial charge in [-0.1, -0.05) is 82.0 Å². The van der Waals surface area contributed by atoms with E-state index in [1.165, 1.54) is 0 Å². The van der Waals surface area contributed by atoms with E-state index >= 15 is 0 Å². The topological polar surface area (TPSA) is 96.0 Å². The van der Waals surface area contributed by atoms with Crippen molar-refractivity contribution < 1.29 is 38.0 Å². The van der Waals surface area contributed by atoms with E-state index in [0.717, 1.165) is 51.9 Å². The summed E-state index contributed by atoms with van der Waals surface area (Å²) in [5.41, 5.74) is 4.13. The Labute approximate surface area is 335 Å². The van der Waals surface area contributed by atoms with Crippen LogP contribution >= 0.6 is 0 Å². The number of para-hydroxylation sites is 2. The van der Waals surface area contributed by atoms with Crippen molar-refractivity contribution in [1.82, 2.24) is 4.90 Å². The maximum Gasteiger partial charge on any atom is 0.410 e. The Morgan fingerprint density at radius 1 is 0.893 bits per heavy atom. The third kappa shape index (κ3) is 12.1. The molecule has 11 heteroatoms. The predicted octanol–water partition coefficient (Wildman–Crippen LogP) is 9.32. The summed E-state index contributed by atoms with van der Waals surface area (Å²) in [5, 5.41) is 0. The highest BCUT2D eigenvalue weighted by Crippen LogP contribution is 2.43. The largest absolute Gasteiger partial charge is 0.496 e. The van der Waals surface area contributed by atoms with Crippen molar-refractivity contribution in [2.24, 2.45) is 0 Å². The van der Waals surface area contributed by atoms with Crippen LogP contribution in [-0.4, -0.2) is 83.4 Å². The summed E-state index contributed by atoms with van der Waals surface area (Å²) in [6, 6.07) is 23.3. The van der Waals surface area contributed by atoms with Gasteiger partial charge in [-0.3, -0.25) is 9.69 Å².